The summed E-state index contributed by atoms with van der Waals surface area (Å²) in [6.45, 7) is 12.2. The first kappa shape index (κ1) is 20.0. The van der Waals surface area contributed by atoms with Crippen LogP contribution in [0.3, 0.4) is 0 Å². The first-order valence-corrected chi connectivity index (χ1v) is 9.48. The lowest BCUT2D eigenvalue weighted by atomic mass is 10.0. The third kappa shape index (κ3) is 5.10. The monoisotopic (exact) mass is 353 g/mol. The summed E-state index contributed by atoms with van der Waals surface area (Å²) in [5.41, 5.74) is 4.64. The van der Waals surface area contributed by atoms with Crippen LogP contribution in [0.1, 0.15) is 68.8 Å². The van der Waals surface area contributed by atoms with Gasteiger partial charge in [-0.3, -0.25) is 4.79 Å². The van der Waals surface area contributed by atoms with Gasteiger partial charge in [-0.1, -0.05) is 57.2 Å². The number of hydrogen-bond donors (Lipinski definition) is 1. The molecule has 2 aromatic carbocycles. The highest BCUT2D eigenvalue weighted by molar-refractivity contribution is 5.81. The van der Waals surface area contributed by atoms with E-state index in [2.05, 4.69) is 62.5 Å². The first-order chi connectivity index (χ1) is 12.3. The minimum Gasteiger partial charge on any atom is -0.481 e. The standard InChI is InChI=1S/C23H31NO2/c1-7-19-9-11-20(12-10-19)17(5)24-23(25)18(6)26-22-14-16(4)8-13-21(22)15(2)3/h8-15,17-18H,7H2,1-6H3,(H,24,25)/t17-,18-/m1/s1. The Bertz CT molecular complexity index is 734. The summed E-state index contributed by atoms with van der Waals surface area (Å²) in [5.74, 6) is 1.03. The van der Waals surface area contributed by atoms with Gasteiger partial charge in [0.2, 0.25) is 0 Å². The molecule has 0 radical (unpaired) electrons. The largest absolute Gasteiger partial charge is 0.481 e. The van der Waals surface area contributed by atoms with Crippen molar-refractivity contribution >= 4 is 5.91 Å². The van der Waals surface area contributed by atoms with Crippen LogP contribution in [-0.2, 0) is 11.2 Å². The lowest BCUT2D eigenvalue weighted by molar-refractivity contribution is -0.127. The van der Waals surface area contributed by atoms with Crippen LogP contribution in [0, 0.1) is 6.92 Å². The highest BCUT2D eigenvalue weighted by Crippen LogP contribution is 2.28. The van der Waals surface area contributed by atoms with Gasteiger partial charge in [-0.25, -0.2) is 0 Å². The molecular formula is C23H31NO2. The van der Waals surface area contributed by atoms with Crippen LogP contribution in [-0.4, -0.2) is 12.0 Å². The van der Waals surface area contributed by atoms with Crippen LogP contribution in [0.4, 0.5) is 0 Å². The van der Waals surface area contributed by atoms with Crippen LogP contribution in [0.15, 0.2) is 42.5 Å². The van der Waals surface area contributed by atoms with E-state index in [-0.39, 0.29) is 11.9 Å². The van der Waals surface area contributed by atoms with Gasteiger partial charge in [0.25, 0.3) is 5.91 Å². The topological polar surface area (TPSA) is 38.3 Å². The zero-order chi connectivity index (χ0) is 19.3. The number of nitrogens with one attached hydrogen (secondary N) is 1. The summed E-state index contributed by atoms with van der Waals surface area (Å²) in [4.78, 5) is 12.6. The van der Waals surface area contributed by atoms with Crippen LogP contribution >= 0.6 is 0 Å². The molecule has 2 rings (SSSR count). The van der Waals surface area contributed by atoms with Gasteiger partial charge < -0.3 is 10.1 Å². The maximum atomic E-state index is 12.6. The Labute approximate surface area is 157 Å². The smallest absolute Gasteiger partial charge is 0.261 e. The third-order valence-electron chi connectivity index (χ3n) is 4.71. The molecule has 3 heteroatoms. The second-order valence-corrected chi connectivity index (χ2v) is 7.28. The normalized spacial score (nSPS) is 13.3. The Morgan fingerprint density at radius 2 is 1.69 bits per heavy atom. The SMILES string of the molecule is CCc1ccc([C@@H](C)NC(=O)[C@@H](C)Oc2cc(C)ccc2C(C)C)cc1. The lowest BCUT2D eigenvalue weighted by Gasteiger charge is -2.21. The number of rotatable bonds is 7. The summed E-state index contributed by atoms with van der Waals surface area (Å²) in [6.07, 6.45) is 0.465. The van der Waals surface area contributed by atoms with E-state index in [0.29, 0.717) is 5.92 Å². The van der Waals surface area contributed by atoms with Crippen molar-refractivity contribution < 1.29 is 9.53 Å². The first-order valence-electron chi connectivity index (χ1n) is 9.48. The number of ether oxygens (including phenoxy) is 1. The molecule has 1 amide bonds. The van der Waals surface area contributed by atoms with Crippen molar-refractivity contribution in [2.24, 2.45) is 0 Å². The average Bonchev–Trinajstić information content (AvgIpc) is 2.61. The van der Waals surface area contributed by atoms with Gasteiger partial charge in [-0.15, -0.1) is 0 Å². The molecule has 1 N–H and O–H groups in total. The molecular weight excluding hydrogens is 322 g/mol. The number of carbonyl (C=O) groups is 1. The minimum atomic E-state index is -0.549. The van der Waals surface area contributed by atoms with Gasteiger partial charge in [-0.2, -0.15) is 0 Å². The van der Waals surface area contributed by atoms with Gasteiger partial charge in [0.1, 0.15) is 5.75 Å². The fraction of sp³-hybridized carbons (Fsp3) is 0.435. The van der Waals surface area contributed by atoms with Crippen LogP contribution < -0.4 is 10.1 Å². The molecule has 140 valence electrons. The number of hydrogen-bond acceptors (Lipinski definition) is 2. The summed E-state index contributed by atoms with van der Waals surface area (Å²) in [7, 11) is 0. The van der Waals surface area contributed by atoms with Crippen molar-refractivity contribution in [2.75, 3.05) is 0 Å². The van der Waals surface area contributed by atoms with Crippen molar-refractivity contribution in [1.29, 1.82) is 0 Å². The van der Waals surface area contributed by atoms with E-state index in [1.807, 2.05) is 19.9 Å². The highest BCUT2D eigenvalue weighted by Gasteiger charge is 2.19. The molecule has 2 aromatic rings. The fourth-order valence-electron chi connectivity index (χ4n) is 2.92. The summed E-state index contributed by atoms with van der Waals surface area (Å²) >= 11 is 0. The molecule has 0 saturated heterocycles. The Hall–Kier alpha value is -2.29. The zero-order valence-electron chi connectivity index (χ0n) is 16.8. The number of carbonyl (C=O) groups excluding carboxylic acids is 1. The van der Waals surface area contributed by atoms with Crippen LogP contribution in [0.2, 0.25) is 0 Å². The van der Waals surface area contributed by atoms with Crippen LogP contribution in [0.5, 0.6) is 5.75 Å². The summed E-state index contributed by atoms with van der Waals surface area (Å²) in [6, 6.07) is 14.5. The molecule has 0 aromatic heterocycles. The molecule has 0 saturated carbocycles. The Kier molecular flexibility index (Phi) is 6.84. The highest BCUT2D eigenvalue weighted by atomic mass is 16.5. The second kappa shape index (κ2) is 8.88. The minimum absolute atomic E-state index is 0.0541. The van der Waals surface area contributed by atoms with Crippen molar-refractivity contribution in [1.82, 2.24) is 5.32 Å². The van der Waals surface area contributed by atoms with E-state index in [4.69, 9.17) is 4.74 Å². The summed E-state index contributed by atoms with van der Waals surface area (Å²) < 4.78 is 6.01. The van der Waals surface area contributed by atoms with E-state index in [1.165, 1.54) is 5.56 Å². The molecule has 0 heterocycles. The average molecular weight is 354 g/mol. The van der Waals surface area contributed by atoms with Crippen molar-refractivity contribution in [3.63, 3.8) is 0 Å². The molecule has 0 aliphatic carbocycles. The van der Waals surface area contributed by atoms with Gasteiger partial charge >= 0.3 is 0 Å². The van der Waals surface area contributed by atoms with E-state index >= 15 is 0 Å². The molecule has 26 heavy (non-hydrogen) atoms. The molecule has 3 nitrogen and oxygen atoms in total. The van der Waals surface area contributed by atoms with E-state index in [0.717, 1.165) is 28.9 Å². The predicted octanol–water partition coefficient (Wildman–Crippen LogP) is 5.33. The number of aryl methyl sites for hydroxylation is 2. The molecule has 0 aliphatic rings. The predicted molar refractivity (Wildman–Crippen MR) is 108 cm³/mol. The fourth-order valence-corrected chi connectivity index (χ4v) is 2.92. The Morgan fingerprint density at radius 1 is 1.04 bits per heavy atom. The van der Waals surface area contributed by atoms with Gasteiger partial charge in [-0.05, 0) is 61.4 Å². The molecule has 0 unspecified atom stereocenters. The van der Waals surface area contributed by atoms with Crippen molar-refractivity contribution in [3.8, 4) is 5.75 Å². The summed E-state index contributed by atoms with van der Waals surface area (Å²) in [5, 5.41) is 3.05. The van der Waals surface area contributed by atoms with Crippen molar-refractivity contribution in [3.05, 3.63) is 64.7 Å². The molecule has 0 bridgehead atoms. The molecule has 0 fully saturated rings. The quantitative estimate of drug-likeness (QED) is 0.731. The molecule has 0 aliphatic heterocycles. The lowest BCUT2D eigenvalue weighted by Crippen LogP contribution is -2.38. The van der Waals surface area contributed by atoms with E-state index < -0.39 is 6.10 Å². The van der Waals surface area contributed by atoms with Gasteiger partial charge in [0.15, 0.2) is 6.10 Å². The molecule has 0 spiro atoms. The number of amides is 1. The number of benzene rings is 2. The Morgan fingerprint density at radius 3 is 2.27 bits per heavy atom. The second-order valence-electron chi connectivity index (χ2n) is 7.28. The maximum Gasteiger partial charge on any atom is 0.261 e. The van der Waals surface area contributed by atoms with Crippen LogP contribution in [0.25, 0.3) is 0 Å². The van der Waals surface area contributed by atoms with Gasteiger partial charge in [0, 0.05) is 0 Å². The van der Waals surface area contributed by atoms with Gasteiger partial charge in [0.05, 0.1) is 6.04 Å². The zero-order valence-corrected chi connectivity index (χ0v) is 16.8. The van der Waals surface area contributed by atoms with Crippen molar-refractivity contribution in [2.45, 2.75) is 66.0 Å². The Balaban J connectivity index is 2.04. The molecule has 2 atom stereocenters. The van der Waals surface area contributed by atoms with E-state index in [9.17, 15) is 4.79 Å². The van der Waals surface area contributed by atoms with E-state index in [1.54, 1.807) is 6.92 Å². The maximum absolute atomic E-state index is 12.6. The third-order valence-corrected chi connectivity index (χ3v) is 4.71.